The van der Waals surface area contributed by atoms with Gasteiger partial charge in [0.1, 0.15) is 5.58 Å². The maximum Gasteiger partial charge on any atom is 0.227 e. The van der Waals surface area contributed by atoms with Gasteiger partial charge in [-0.1, -0.05) is 44.2 Å². The molecular formula is C32H32N2O. The summed E-state index contributed by atoms with van der Waals surface area (Å²) in [5.74, 6) is 2.15. The number of fused-ring (bicyclic) bond motifs is 3. The van der Waals surface area contributed by atoms with Crippen molar-refractivity contribution in [1.82, 2.24) is 9.97 Å². The molecular weight excluding hydrogens is 428 g/mol. The Bertz CT molecular complexity index is 1520. The summed E-state index contributed by atoms with van der Waals surface area (Å²) in [6, 6.07) is 21.5. The number of pyridine rings is 2. The molecule has 3 aromatic heterocycles. The molecule has 1 fully saturated rings. The number of hydrogen-bond acceptors (Lipinski definition) is 3. The topological polar surface area (TPSA) is 38.9 Å². The van der Waals surface area contributed by atoms with Crippen molar-refractivity contribution < 1.29 is 4.42 Å². The maximum atomic E-state index is 6.45. The summed E-state index contributed by atoms with van der Waals surface area (Å²) in [6.07, 6.45) is 5.82. The molecule has 0 radical (unpaired) electrons. The van der Waals surface area contributed by atoms with Crippen LogP contribution >= 0.6 is 0 Å². The van der Waals surface area contributed by atoms with Crippen LogP contribution < -0.4 is 0 Å². The second-order valence-electron chi connectivity index (χ2n) is 10.7. The molecule has 3 heterocycles. The number of aromatic nitrogens is 2. The molecule has 2 aromatic carbocycles. The number of nitrogens with zero attached hydrogens (tertiary/aromatic N) is 2. The summed E-state index contributed by atoms with van der Waals surface area (Å²) in [7, 11) is 0. The molecule has 0 N–H and O–H groups in total. The average Bonchev–Trinajstić information content (AvgIpc) is 3.21. The third kappa shape index (κ3) is 3.93. The van der Waals surface area contributed by atoms with E-state index in [1.54, 1.807) is 0 Å². The van der Waals surface area contributed by atoms with Crippen molar-refractivity contribution in [2.45, 2.75) is 52.9 Å². The van der Waals surface area contributed by atoms with Gasteiger partial charge in [-0.15, -0.1) is 0 Å². The fourth-order valence-corrected chi connectivity index (χ4v) is 6.31. The third-order valence-corrected chi connectivity index (χ3v) is 7.81. The molecule has 176 valence electrons. The molecule has 0 spiro atoms. The van der Waals surface area contributed by atoms with Crippen molar-refractivity contribution in [3.8, 4) is 22.5 Å². The van der Waals surface area contributed by atoms with E-state index in [-0.39, 0.29) is 0 Å². The van der Waals surface area contributed by atoms with E-state index < -0.39 is 0 Å². The Kier molecular flexibility index (Phi) is 5.44. The van der Waals surface area contributed by atoms with E-state index in [0.717, 1.165) is 45.1 Å². The van der Waals surface area contributed by atoms with Crippen molar-refractivity contribution in [3.63, 3.8) is 0 Å². The minimum atomic E-state index is 0.604. The first-order valence-electron chi connectivity index (χ1n) is 12.8. The number of para-hydroxylation sites is 1. The lowest BCUT2D eigenvalue weighted by molar-refractivity contribution is 0.268. The lowest BCUT2D eigenvalue weighted by Crippen LogP contribution is -2.18. The smallest absolute Gasteiger partial charge is 0.227 e. The molecule has 3 nitrogen and oxygen atoms in total. The standard InChI is InChI=1S/C32H32N2O/c1-19-15-20(2)17-24(16-19)23-13-14-33-29(18-23)27-10-6-9-25-26-11-12-28(34-32(26)35-31(25)27)30-21(3)7-5-8-22(30)4/h5-14,18-20,24H,15-17H2,1-4H3. The van der Waals surface area contributed by atoms with Crippen LogP contribution in [0.4, 0.5) is 0 Å². The zero-order chi connectivity index (χ0) is 24.1. The van der Waals surface area contributed by atoms with Gasteiger partial charge >= 0.3 is 0 Å². The lowest BCUT2D eigenvalue weighted by Gasteiger charge is -2.31. The Morgan fingerprint density at radius 1 is 0.771 bits per heavy atom. The molecule has 6 rings (SSSR count). The van der Waals surface area contributed by atoms with Gasteiger partial charge in [0.2, 0.25) is 5.71 Å². The normalized spacial score (nSPS) is 20.5. The SMILES string of the molecule is Cc1cccc(C)c1-c1ccc2c(n1)oc1c(-c3cc(C4CC(C)CC(C)C4)ccn3)cccc12. The van der Waals surface area contributed by atoms with Crippen LogP contribution in [0.5, 0.6) is 0 Å². The zero-order valence-electron chi connectivity index (χ0n) is 21.0. The van der Waals surface area contributed by atoms with Crippen LogP contribution in [0, 0.1) is 25.7 Å². The second-order valence-corrected chi connectivity index (χ2v) is 10.7. The summed E-state index contributed by atoms with van der Waals surface area (Å²) >= 11 is 0. The number of aryl methyl sites for hydroxylation is 2. The van der Waals surface area contributed by atoms with Gasteiger partial charge in [0.25, 0.3) is 0 Å². The van der Waals surface area contributed by atoms with E-state index in [4.69, 9.17) is 14.4 Å². The Labute approximate surface area is 207 Å². The number of furan rings is 1. The maximum absolute atomic E-state index is 6.45. The fraction of sp³-hybridized carbons (Fsp3) is 0.312. The van der Waals surface area contributed by atoms with E-state index >= 15 is 0 Å². The molecule has 0 aliphatic heterocycles. The van der Waals surface area contributed by atoms with Crippen LogP contribution in [0.2, 0.25) is 0 Å². The van der Waals surface area contributed by atoms with Gasteiger partial charge in [-0.25, -0.2) is 4.98 Å². The van der Waals surface area contributed by atoms with Gasteiger partial charge in [0.05, 0.1) is 11.4 Å². The van der Waals surface area contributed by atoms with Gasteiger partial charge < -0.3 is 4.42 Å². The largest absolute Gasteiger partial charge is 0.437 e. The summed E-state index contributed by atoms with van der Waals surface area (Å²) in [4.78, 5) is 9.73. The highest BCUT2D eigenvalue weighted by Crippen LogP contribution is 2.41. The monoisotopic (exact) mass is 460 g/mol. The van der Waals surface area contributed by atoms with Crippen LogP contribution in [-0.2, 0) is 0 Å². The van der Waals surface area contributed by atoms with Crippen molar-refractivity contribution >= 4 is 22.1 Å². The highest BCUT2D eigenvalue weighted by atomic mass is 16.3. The van der Waals surface area contributed by atoms with Crippen molar-refractivity contribution in [3.05, 3.63) is 83.6 Å². The third-order valence-electron chi connectivity index (χ3n) is 7.81. The first-order valence-corrected chi connectivity index (χ1v) is 12.8. The number of hydrogen-bond donors (Lipinski definition) is 0. The van der Waals surface area contributed by atoms with Gasteiger partial charge in [0.15, 0.2) is 0 Å². The van der Waals surface area contributed by atoms with Gasteiger partial charge in [-0.05, 0) is 97.9 Å². The van der Waals surface area contributed by atoms with Gasteiger partial charge in [0, 0.05) is 28.1 Å². The Balaban J connectivity index is 1.45. The molecule has 0 amide bonds. The summed E-state index contributed by atoms with van der Waals surface area (Å²) in [6.45, 7) is 9.05. The molecule has 0 bridgehead atoms. The van der Waals surface area contributed by atoms with E-state index in [2.05, 4.69) is 88.4 Å². The lowest BCUT2D eigenvalue weighted by atomic mass is 9.74. The summed E-state index contributed by atoms with van der Waals surface area (Å²) < 4.78 is 6.45. The van der Waals surface area contributed by atoms with Crippen LogP contribution in [-0.4, -0.2) is 9.97 Å². The molecule has 2 atom stereocenters. The fourth-order valence-electron chi connectivity index (χ4n) is 6.31. The molecule has 1 saturated carbocycles. The minimum absolute atomic E-state index is 0.604. The van der Waals surface area contributed by atoms with E-state index in [1.807, 2.05) is 6.20 Å². The predicted octanol–water partition coefficient (Wildman–Crippen LogP) is 8.87. The molecule has 3 heteroatoms. The average molecular weight is 461 g/mol. The highest BCUT2D eigenvalue weighted by molar-refractivity contribution is 6.08. The Morgan fingerprint density at radius 3 is 2.29 bits per heavy atom. The number of benzene rings is 2. The van der Waals surface area contributed by atoms with E-state index in [9.17, 15) is 0 Å². The van der Waals surface area contributed by atoms with Crippen LogP contribution in [0.3, 0.4) is 0 Å². The summed E-state index contributed by atoms with van der Waals surface area (Å²) in [5.41, 5.74) is 9.54. The zero-order valence-corrected chi connectivity index (χ0v) is 21.0. The molecule has 1 aliphatic carbocycles. The molecule has 0 saturated heterocycles. The first kappa shape index (κ1) is 22.0. The van der Waals surface area contributed by atoms with Crippen molar-refractivity contribution in [2.75, 3.05) is 0 Å². The molecule has 35 heavy (non-hydrogen) atoms. The van der Waals surface area contributed by atoms with Crippen LogP contribution in [0.25, 0.3) is 44.6 Å². The van der Waals surface area contributed by atoms with Crippen molar-refractivity contribution in [1.29, 1.82) is 0 Å². The molecule has 5 aromatic rings. The highest BCUT2D eigenvalue weighted by Gasteiger charge is 2.25. The van der Waals surface area contributed by atoms with Crippen LogP contribution in [0.15, 0.2) is 71.3 Å². The van der Waals surface area contributed by atoms with Gasteiger partial charge in [-0.2, -0.15) is 0 Å². The predicted molar refractivity (Wildman–Crippen MR) is 145 cm³/mol. The van der Waals surface area contributed by atoms with E-state index in [1.165, 1.54) is 41.5 Å². The quantitative estimate of drug-likeness (QED) is 0.270. The van der Waals surface area contributed by atoms with E-state index in [0.29, 0.717) is 11.6 Å². The number of rotatable bonds is 3. The second kappa shape index (κ2) is 8.64. The molecule has 2 unspecified atom stereocenters. The summed E-state index contributed by atoms with van der Waals surface area (Å²) in [5, 5.41) is 2.13. The Morgan fingerprint density at radius 2 is 1.51 bits per heavy atom. The first-order chi connectivity index (χ1) is 17.0. The Hall–Kier alpha value is -3.46. The van der Waals surface area contributed by atoms with Gasteiger partial charge in [-0.3, -0.25) is 4.98 Å². The van der Waals surface area contributed by atoms with Crippen LogP contribution in [0.1, 0.15) is 55.7 Å². The molecule has 1 aliphatic rings. The van der Waals surface area contributed by atoms with Crippen molar-refractivity contribution in [2.24, 2.45) is 11.8 Å². The minimum Gasteiger partial charge on any atom is -0.437 e.